The number of hydrogen-bond acceptors (Lipinski definition) is 4. The van der Waals surface area contributed by atoms with Gasteiger partial charge in [0.05, 0.1) is 17.0 Å². The van der Waals surface area contributed by atoms with Gasteiger partial charge in [0.25, 0.3) is 0 Å². The average Bonchev–Trinajstić information content (AvgIpc) is 2.68. The molecule has 1 amide bonds. The summed E-state index contributed by atoms with van der Waals surface area (Å²) in [6, 6.07) is 15.6. The van der Waals surface area contributed by atoms with Crippen molar-refractivity contribution in [3.05, 3.63) is 82.4 Å². The zero-order valence-electron chi connectivity index (χ0n) is 17.5. The van der Waals surface area contributed by atoms with E-state index in [0.29, 0.717) is 5.56 Å². The summed E-state index contributed by atoms with van der Waals surface area (Å²) in [6.07, 6.45) is 0.114. The third-order valence-electron chi connectivity index (χ3n) is 5.03. The molecule has 0 heterocycles. The lowest BCUT2D eigenvalue weighted by atomic mass is 10.1. The highest BCUT2D eigenvalue weighted by atomic mass is 32.2. The predicted molar refractivity (Wildman–Crippen MR) is 118 cm³/mol. The number of carbonyl (C=O) groups is 1. The molecule has 0 aliphatic rings. The summed E-state index contributed by atoms with van der Waals surface area (Å²) in [4.78, 5) is 12.7. The third kappa shape index (κ3) is 4.39. The number of hydrogen-bond donors (Lipinski definition) is 2. The molecule has 0 atom stereocenters. The van der Waals surface area contributed by atoms with Gasteiger partial charge in [-0.1, -0.05) is 47.5 Å². The number of nitrogens with one attached hydrogen (secondary N) is 1. The minimum Gasteiger partial charge on any atom is -0.507 e. The molecule has 0 radical (unpaired) electrons. The van der Waals surface area contributed by atoms with Crippen LogP contribution in [-0.2, 0) is 21.1 Å². The Kier molecular flexibility index (Phi) is 5.99. The second kappa shape index (κ2) is 8.32. The summed E-state index contributed by atoms with van der Waals surface area (Å²) < 4.78 is 26.7. The Morgan fingerprint density at radius 3 is 2.00 bits per heavy atom. The van der Waals surface area contributed by atoms with Crippen molar-refractivity contribution in [3.8, 4) is 5.75 Å². The molecule has 2 N–H and O–H groups in total. The van der Waals surface area contributed by atoms with E-state index in [1.165, 1.54) is 18.2 Å². The van der Waals surface area contributed by atoms with E-state index in [0.717, 1.165) is 16.7 Å². The van der Waals surface area contributed by atoms with Gasteiger partial charge < -0.3 is 10.4 Å². The van der Waals surface area contributed by atoms with Crippen molar-refractivity contribution in [2.75, 3.05) is 5.32 Å². The summed E-state index contributed by atoms with van der Waals surface area (Å²) in [5.41, 5.74) is 3.72. The highest BCUT2D eigenvalue weighted by molar-refractivity contribution is 7.91. The number of carbonyl (C=O) groups excluding carboxylic acids is 1. The summed E-state index contributed by atoms with van der Waals surface area (Å²) in [5, 5.41) is 13.1. The van der Waals surface area contributed by atoms with Crippen LogP contribution >= 0.6 is 0 Å². The van der Waals surface area contributed by atoms with E-state index in [2.05, 4.69) is 5.32 Å². The van der Waals surface area contributed by atoms with Gasteiger partial charge in [0.15, 0.2) is 0 Å². The Labute approximate surface area is 177 Å². The van der Waals surface area contributed by atoms with Crippen LogP contribution in [0.4, 0.5) is 5.69 Å². The van der Waals surface area contributed by atoms with E-state index in [1.54, 1.807) is 26.0 Å². The van der Waals surface area contributed by atoms with Gasteiger partial charge >= 0.3 is 0 Å². The number of aryl methyl sites for hydroxylation is 3. The zero-order chi connectivity index (χ0) is 22.1. The van der Waals surface area contributed by atoms with Gasteiger partial charge in [-0.15, -0.1) is 0 Å². The van der Waals surface area contributed by atoms with Crippen molar-refractivity contribution in [1.29, 1.82) is 0 Å². The zero-order valence-corrected chi connectivity index (χ0v) is 18.3. The lowest BCUT2D eigenvalue weighted by Gasteiger charge is -2.17. The van der Waals surface area contributed by atoms with Gasteiger partial charge in [0.1, 0.15) is 10.6 Å². The summed E-state index contributed by atoms with van der Waals surface area (Å²) in [7, 11) is -3.96. The molecule has 0 fully saturated rings. The van der Waals surface area contributed by atoms with Crippen LogP contribution in [0, 0.1) is 27.7 Å². The predicted octanol–water partition coefficient (Wildman–Crippen LogP) is 4.64. The summed E-state index contributed by atoms with van der Waals surface area (Å²) in [5.74, 6) is -0.430. The minimum atomic E-state index is -3.96. The van der Waals surface area contributed by atoms with Crippen molar-refractivity contribution in [2.45, 2.75) is 43.9 Å². The molecule has 6 heteroatoms. The monoisotopic (exact) mass is 423 g/mol. The molecule has 3 rings (SSSR count). The Hall–Kier alpha value is -3.12. The average molecular weight is 424 g/mol. The van der Waals surface area contributed by atoms with Crippen molar-refractivity contribution < 1.29 is 18.3 Å². The van der Waals surface area contributed by atoms with Gasteiger partial charge in [-0.2, -0.15) is 0 Å². The highest BCUT2D eigenvalue weighted by Crippen LogP contribution is 2.37. The largest absolute Gasteiger partial charge is 0.507 e. The maximum Gasteiger partial charge on any atom is 0.228 e. The van der Waals surface area contributed by atoms with Crippen LogP contribution in [-0.4, -0.2) is 19.4 Å². The van der Waals surface area contributed by atoms with E-state index in [-0.39, 0.29) is 39.1 Å². The van der Waals surface area contributed by atoms with Gasteiger partial charge in [-0.05, 0) is 57.0 Å². The van der Waals surface area contributed by atoms with Crippen LogP contribution in [0.15, 0.2) is 64.4 Å². The Morgan fingerprint density at radius 2 is 1.43 bits per heavy atom. The molecule has 0 spiro atoms. The lowest BCUT2D eigenvalue weighted by molar-refractivity contribution is -0.115. The van der Waals surface area contributed by atoms with Gasteiger partial charge in [0.2, 0.25) is 15.7 Å². The van der Waals surface area contributed by atoms with Crippen LogP contribution in [0.25, 0.3) is 0 Å². The van der Waals surface area contributed by atoms with E-state index in [1.807, 2.05) is 38.1 Å². The lowest BCUT2D eigenvalue weighted by Crippen LogP contribution is -2.18. The smallest absolute Gasteiger partial charge is 0.228 e. The quantitative estimate of drug-likeness (QED) is 0.586. The van der Waals surface area contributed by atoms with Gasteiger partial charge in [-0.25, -0.2) is 8.42 Å². The van der Waals surface area contributed by atoms with Crippen molar-refractivity contribution in [2.24, 2.45) is 0 Å². The van der Waals surface area contributed by atoms with E-state index in [9.17, 15) is 18.3 Å². The molecule has 0 bridgehead atoms. The second-order valence-corrected chi connectivity index (χ2v) is 9.46. The maximum absolute atomic E-state index is 13.4. The number of phenolic OH excluding ortho intramolecular Hbond substituents is 1. The maximum atomic E-state index is 13.4. The molecule has 5 nitrogen and oxygen atoms in total. The van der Waals surface area contributed by atoms with Crippen LogP contribution < -0.4 is 5.32 Å². The van der Waals surface area contributed by atoms with Crippen molar-refractivity contribution >= 4 is 21.4 Å². The molecular formula is C24H25NO4S. The molecule has 0 aromatic heterocycles. The molecule has 3 aromatic carbocycles. The number of phenols is 1. The first kappa shape index (κ1) is 21.6. The number of sulfone groups is 1. The minimum absolute atomic E-state index is 0.0910. The topological polar surface area (TPSA) is 83.5 Å². The summed E-state index contributed by atoms with van der Waals surface area (Å²) in [6.45, 7) is 7.05. The normalized spacial score (nSPS) is 11.3. The highest BCUT2D eigenvalue weighted by Gasteiger charge is 2.27. The SMILES string of the molecule is Cc1ccc(CC(=O)Nc2cc(C)c(O)c(C)c2S(=O)(=O)c2ccc(C)cc2)cc1. The van der Waals surface area contributed by atoms with Crippen LogP contribution in [0.1, 0.15) is 27.8 Å². The Morgan fingerprint density at radius 1 is 0.900 bits per heavy atom. The van der Waals surface area contributed by atoms with Crippen molar-refractivity contribution in [3.63, 3.8) is 0 Å². The molecule has 0 aliphatic heterocycles. The fraction of sp³-hybridized carbons (Fsp3) is 0.208. The molecular weight excluding hydrogens is 398 g/mol. The number of benzene rings is 3. The fourth-order valence-corrected chi connectivity index (χ4v) is 4.95. The number of amides is 1. The van der Waals surface area contributed by atoms with E-state index in [4.69, 9.17) is 0 Å². The van der Waals surface area contributed by atoms with Gasteiger partial charge in [-0.3, -0.25) is 4.79 Å². The van der Waals surface area contributed by atoms with Crippen LogP contribution in [0.2, 0.25) is 0 Å². The number of anilines is 1. The Bertz CT molecular complexity index is 1200. The fourth-order valence-electron chi connectivity index (χ4n) is 3.32. The second-order valence-electron chi connectivity index (χ2n) is 7.57. The molecule has 0 saturated heterocycles. The first-order valence-electron chi connectivity index (χ1n) is 9.60. The number of rotatable bonds is 5. The summed E-state index contributed by atoms with van der Waals surface area (Å²) >= 11 is 0. The Balaban J connectivity index is 2.03. The van der Waals surface area contributed by atoms with Crippen molar-refractivity contribution in [1.82, 2.24) is 0 Å². The number of aromatic hydroxyl groups is 1. The van der Waals surface area contributed by atoms with E-state index >= 15 is 0 Å². The van der Waals surface area contributed by atoms with Crippen LogP contribution in [0.3, 0.4) is 0 Å². The molecule has 0 saturated carbocycles. The van der Waals surface area contributed by atoms with Gasteiger partial charge in [0, 0.05) is 5.56 Å². The molecule has 30 heavy (non-hydrogen) atoms. The molecule has 0 aliphatic carbocycles. The first-order valence-corrected chi connectivity index (χ1v) is 11.1. The first-order chi connectivity index (χ1) is 14.1. The molecule has 3 aromatic rings. The third-order valence-corrected chi connectivity index (χ3v) is 6.99. The standard InChI is InChI=1S/C24H25NO4S/c1-15-5-9-19(10-6-15)14-22(26)25-21-13-17(3)23(27)18(4)24(21)30(28,29)20-11-7-16(2)8-12-20/h5-13,27H,14H2,1-4H3,(H,25,26). The molecule has 0 unspecified atom stereocenters. The van der Waals surface area contributed by atoms with Crippen LogP contribution in [0.5, 0.6) is 5.75 Å². The molecule has 156 valence electrons. The van der Waals surface area contributed by atoms with E-state index < -0.39 is 9.84 Å².